The van der Waals surface area contributed by atoms with E-state index in [2.05, 4.69) is 38.1 Å². The van der Waals surface area contributed by atoms with Gasteiger partial charge < -0.3 is 10.8 Å². The molecular weight excluding hydrogens is 246 g/mol. The second kappa shape index (κ2) is 6.69. The van der Waals surface area contributed by atoms with Crippen LogP contribution in [0.1, 0.15) is 41.2 Å². The molecule has 0 aromatic heterocycles. The van der Waals surface area contributed by atoms with E-state index in [1.165, 1.54) is 11.1 Å². The Labute approximate surface area is 121 Å². The number of aliphatic hydroxyl groups excluding tert-OH is 1. The van der Waals surface area contributed by atoms with Gasteiger partial charge in [0, 0.05) is 12.5 Å². The van der Waals surface area contributed by atoms with E-state index in [1.54, 1.807) is 0 Å². The second-order valence-electron chi connectivity index (χ2n) is 5.30. The Morgan fingerprint density at radius 3 is 2.30 bits per heavy atom. The maximum Gasteiger partial charge on any atom is 0.0870 e. The Balaban J connectivity index is 2.26. The molecule has 0 saturated heterocycles. The van der Waals surface area contributed by atoms with Gasteiger partial charge in [0.15, 0.2) is 0 Å². The summed E-state index contributed by atoms with van der Waals surface area (Å²) >= 11 is 0. The standard InChI is InChI=1S/C18H23NO/c1-3-14-7-9-15(10-8-14)18(20)17(12-19)16-6-4-5-13(2)11-16/h4-11,17-18,20H,3,12,19H2,1-2H3. The quantitative estimate of drug-likeness (QED) is 0.874. The van der Waals surface area contributed by atoms with E-state index in [9.17, 15) is 5.11 Å². The van der Waals surface area contributed by atoms with E-state index in [0.29, 0.717) is 6.54 Å². The fourth-order valence-electron chi connectivity index (χ4n) is 2.53. The summed E-state index contributed by atoms with van der Waals surface area (Å²) in [6, 6.07) is 16.4. The highest BCUT2D eigenvalue weighted by Gasteiger charge is 2.21. The highest BCUT2D eigenvalue weighted by atomic mass is 16.3. The van der Waals surface area contributed by atoms with Crippen LogP contribution in [-0.2, 0) is 6.42 Å². The molecule has 3 N–H and O–H groups in total. The zero-order valence-corrected chi connectivity index (χ0v) is 12.2. The van der Waals surface area contributed by atoms with Crippen molar-refractivity contribution in [2.24, 2.45) is 5.73 Å². The molecule has 106 valence electrons. The maximum atomic E-state index is 10.6. The molecule has 0 heterocycles. The number of aryl methyl sites for hydroxylation is 2. The van der Waals surface area contributed by atoms with Crippen molar-refractivity contribution in [1.29, 1.82) is 0 Å². The predicted molar refractivity (Wildman–Crippen MR) is 83.8 cm³/mol. The minimum atomic E-state index is -0.562. The third-order valence-electron chi connectivity index (χ3n) is 3.83. The van der Waals surface area contributed by atoms with Gasteiger partial charge in [-0.3, -0.25) is 0 Å². The summed E-state index contributed by atoms with van der Waals surface area (Å²) in [5.74, 6) is -0.0672. The summed E-state index contributed by atoms with van der Waals surface area (Å²) in [5, 5.41) is 10.6. The minimum absolute atomic E-state index is 0.0672. The van der Waals surface area contributed by atoms with Crippen molar-refractivity contribution < 1.29 is 5.11 Å². The van der Waals surface area contributed by atoms with Crippen LogP contribution < -0.4 is 5.73 Å². The van der Waals surface area contributed by atoms with Crippen molar-refractivity contribution >= 4 is 0 Å². The molecule has 0 aliphatic carbocycles. The first kappa shape index (κ1) is 14.8. The van der Waals surface area contributed by atoms with Crippen LogP contribution in [-0.4, -0.2) is 11.7 Å². The van der Waals surface area contributed by atoms with Crippen LogP contribution in [0.5, 0.6) is 0 Å². The highest BCUT2D eigenvalue weighted by Crippen LogP contribution is 2.30. The minimum Gasteiger partial charge on any atom is -0.388 e. The number of nitrogens with two attached hydrogens (primary N) is 1. The average molecular weight is 269 g/mol. The van der Waals surface area contributed by atoms with Crippen LogP contribution in [0.4, 0.5) is 0 Å². The van der Waals surface area contributed by atoms with Gasteiger partial charge in [-0.2, -0.15) is 0 Å². The average Bonchev–Trinajstić information content (AvgIpc) is 2.48. The number of aliphatic hydroxyl groups is 1. The molecule has 0 saturated carbocycles. The molecule has 0 spiro atoms. The van der Waals surface area contributed by atoms with E-state index in [-0.39, 0.29) is 5.92 Å². The van der Waals surface area contributed by atoms with Crippen LogP contribution in [0.15, 0.2) is 48.5 Å². The van der Waals surface area contributed by atoms with Crippen molar-refractivity contribution in [2.45, 2.75) is 32.3 Å². The third-order valence-corrected chi connectivity index (χ3v) is 3.83. The molecule has 2 unspecified atom stereocenters. The van der Waals surface area contributed by atoms with Crippen LogP contribution >= 0.6 is 0 Å². The molecule has 0 fully saturated rings. The number of hydrogen-bond acceptors (Lipinski definition) is 2. The van der Waals surface area contributed by atoms with Crippen molar-refractivity contribution in [1.82, 2.24) is 0 Å². The smallest absolute Gasteiger partial charge is 0.0870 e. The summed E-state index contributed by atoms with van der Waals surface area (Å²) in [6.07, 6.45) is 0.446. The lowest BCUT2D eigenvalue weighted by Crippen LogP contribution is -2.20. The molecule has 2 heteroatoms. The van der Waals surface area contributed by atoms with E-state index in [4.69, 9.17) is 5.73 Å². The van der Waals surface area contributed by atoms with Gasteiger partial charge >= 0.3 is 0 Å². The molecule has 2 aromatic carbocycles. The van der Waals surface area contributed by atoms with Crippen molar-refractivity contribution in [2.75, 3.05) is 6.54 Å². The van der Waals surface area contributed by atoms with Crippen LogP contribution in [0.3, 0.4) is 0 Å². The SMILES string of the molecule is CCc1ccc(C(O)C(CN)c2cccc(C)c2)cc1. The molecule has 0 aliphatic rings. The molecule has 0 aliphatic heterocycles. The first-order valence-corrected chi connectivity index (χ1v) is 7.19. The zero-order valence-electron chi connectivity index (χ0n) is 12.2. The summed E-state index contributed by atoms with van der Waals surface area (Å²) in [4.78, 5) is 0. The van der Waals surface area contributed by atoms with Crippen LogP contribution in [0, 0.1) is 6.92 Å². The molecule has 0 radical (unpaired) electrons. The van der Waals surface area contributed by atoms with Gasteiger partial charge in [-0.05, 0) is 30.0 Å². The van der Waals surface area contributed by atoms with Gasteiger partial charge in [0.25, 0.3) is 0 Å². The molecule has 0 bridgehead atoms. The molecule has 2 aromatic rings. The molecule has 2 nitrogen and oxygen atoms in total. The first-order valence-electron chi connectivity index (χ1n) is 7.19. The monoisotopic (exact) mass is 269 g/mol. The fraction of sp³-hybridized carbons (Fsp3) is 0.333. The Hall–Kier alpha value is -1.64. The Morgan fingerprint density at radius 2 is 1.75 bits per heavy atom. The van der Waals surface area contributed by atoms with Gasteiger partial charge in [0.2, 0.25) is 0 Å². The van der Waals surface area contributed by atoms with Crippen LogP contribution in [0.2, 0.25) is 0 Å². The van der Waals surface area contributed by atoms with Crippen LogP contribution in [0.25, 0.3) is 0 Å². The van der Waals surface area contributed by atoms with E-state index < -0.39 is 6.10 Å². The van der Waals surface area contributed by atoms with Gasteiger partial charge in [-0.25, -0.2) is 0 Å². The predicted octanol–water partition coefficient (Wildman–Crippen LogP) is 3.33. The first-order chi connectivity index (χ1) is 9.65. The summed E-state index contributed by atoms with van der Waals surface area (Å²) in [5.41, 5.74) is 10.4. The Morgan fingerprint density at radius 1 is 1.05 bits per heavy atom. The lowest BCUT2D eigenvalue weighted by Gasteiger charge is -2.23. The van der Waals surface area contributed by atoms with Gasteiger partial charge in [0.05, 0.1) is 6.10 Å². The summed E-state index contributed by atoms with van der Waals surface area (Å²) in [7, 11) is 0. The Bertz CT molecular complexity index is 548. The number of hydrogen-bond donors (Lipinski definition) is 2. The third kappa shape index (κ3) is 3.27. The Kier molecular flexibility index (Phi) is 4.94. The highest BCUT2D eigenvalue weighted by molar-refractivity contribution is 5.31. The van der Waals surface area contributed by atoms with E-state index in [1.807, 2.05) is 24.3 Å². The largest absolute Gasteiger partial charge is 0.388 e. The van der Waals surface area contributed by atoms with Crippen molar-refractivity contribution in [3.63, 3.8) is 0 Å². The van der Waals surface area contributed by atoms with Gasteiger partial charge in [0.1, 0.15) is 0 Å². The van der Waals surface area contributed by atoms with Gasteiger partial charge in [-0.1, -0.05) is 61.0 Å². The lowest BCUT2D eigenvalue weighted by atomic mass is 9.88. The number of rotatable bonds is 5. The molecular formula is C18H23NO. The zero-order chi connectivity index (χ0) is 14.5. The van der Waals surface area contributed by atoms with E-state index >= 15 is 0 Å². The fourth-order valence-corrected chi connectivity index (χ4v) is 2.53. The lowest BCUT2D eigenvalue weighted by molar-refractivity contribution is 0.147. The molecule has 2 rings (SSSR count). The molecule has 0 amide bonds. The summed E-state index contributed by atoms with van der Waals surface area (Å²) < 4.78 is 0. The summed E-state index contributed by atoms with van der Waals surface area (Å²) in [6.45, 7) is 4.61. The molecule has 20 heavy (non-hydrogen) atoms. The molecule has 2 atom stereocenters. The second-order valence-corrected chi connectivity index (χ2v) is 5.30. The number of benzene rings is 2. The van der Waals surface area contributed by atoms with Crippen molar-refractivity contribution in [3.05, 3.63) is 70.8 Å². The maximum absolute atomic E-state index is 10.6. The van der Waals surface area contributed by atoms with Gasteiger partial charge in [-0.15, -0.1) is 0 Å². The van der Waals surface area contributed by atoms with Crippen molar-refractivity contribution in [3.8, 4) is 0 Å². The van der Waals surface area contributed by atoms with E-state index in [0.717, 1.165) is 17.5 Å². The normalized spacial score (nSPS) is 14.0. The topological polar surface area (TPSA) is 46.2 Å².